The van der Waals surface area contributed by atoms with E-state index >= 15 is 0 Å². The molecule has 28 nitrogen and oxygen atoms in total. The number of hydrogen-bond acceptors (Lipinski definition) is 28. The van der Waals surface area contributed by atoms with Crippen LogP contribution >= 0.6 is 0 Å². The summed E-state index contributed by atoms with van der Waals surface area (Å²) in [5, 5.41) is 0. The first kappa shape index (κ1) is 150. The third-order valence-electron chi connectivity index (χ3n) is 19.0. The van der Waals surface area contributed by atoms with E-state index in [0.717, 1.165) is 110 Å². The van der Waals surface area contributed by atoms with E-state index in [9.17, 15) is 0 Å². The quantitative estimate of drug-likeness (QED) is 0.0327. The van der Waals surface area contributed by atoms with Crippen molar-refractivity contribution in [1.82, 2.24) is 0 Å². The molecule has 0 atom stereocenters. The van der Waals surface area contributed by atoms with Crippen LogP contribution in [0.4, 0.5) is 0 Å². The molecule has 4 aromatic carbocycles. The lowest BCUT2D eigenvalue weighted by molar-refractivity contribution is -0.0987. The van der Waals surface area contributed by atoms with Crippen LogP contribution in [0.15, 0.2) is 108 Å². The molecule has 0 amide bonds. The fourth-order valence-corrected chi connectivity index (χ4v) is 12.0. The van der Waals surface area contributed by atoms with Gasteiger partial charge in [0, 0.05) is 31.3 Å². The third-order valence-corrected chi connectivity index (χ3v) is 19.0. The Morgan fingerprint density at radius 3 is 0.890 bits per heavy atom. The van der Waals surface area contributed by atoms with Crippen molar-refractivity contribution in [2.24, 2.45) is 5.92 Å². The lowest BCUT2D eigenvalue weighted by atomic mass is 9.78. The minimum Gasteiger partial charge on any atom is -0.491 e. The molecule has 1 heterocycles. The summed E-state index contributed by atoms with van der Waals surface area (Å²) in [6, 6.07) is 30.9. The highest BCUT2D eigenvalue weighted by Crippen LogP contribution is 2.34. The fraction of sp³-hybridized carbons (Fsp3) is 0.729. The number of furan rings is 1. The topological polar surface area (TPSA) is 294 Å². The van der Waals surface area contributed by atoms with Crippen LogP contribution in [0.3, 0.4) is 0 Å². The molecule has 0 bridgehead atoms. The predicted octanol–water partition coefficient (Wildman–Crippen LogP) is 25.7. The molecule has 1 aromatic heterocycles. The van der Waals surface area contributed by atoms with Crippen LogP contribution in [0.1, 0.15) is 328 Å². The molecule has 1 fully saturated rings. The van der Waals surface area contributed by atoms with Crippen LogP contribution in [-0.4, -0.2) is 263 Å². The minimum absolute atomic E-state index is 0.0727. The number of hydrogen-bond donors (Lipinski definition) is 0. The third kappa shape index (κ3) is 102. The number of carbonyl (C=O) groups excluding carboxylic acids is 4. The molecule has 6 rings (SSSR count). The van der Waals surface area contributed by atoms with Gasteiger partial charge in [-0.2, -0.15) is 0 Å². The molecule has 0 aliphatic heterocycles. The molecular formula is C118H212O28. The number of unbranched alkanes of at least 4 members (excludes halogenated alkanes) is 1. The van der Waals surface area contributed by atoms with Crippen molar-refractivity contribution in [1.29, 1.82) is 0 Å². The van der Waals surface area contributed by atoms with Gasteiger partial charge in [0.25, 0.3) is 0 Å². The van der Waals surface area contributed by atoms with E-state index in [1.54, 1.807) is 12.5 Å². The van der Waals surface area contributed by atoms with Gasteiger partial charge in [0.15, 0.2) is 5.75 Å². The molecular weight excluding hydrogens is 1870 g/mol. The minimum atomic E-state index is -0.0727. The van der Waals surface area contributed by atoms with Crippen molar-refractivity contribution in [2.75, 3.05) is 126 Å². The van der Waals surface area contributed by atoms with Crippen LogP contribution in [0, 0.1) is 5.92 Å². The molecule has 1 aliphatic rings. The van der Waals surface area contributed by atoms with Gasteiger partial charge < -0.3 is 133 Å². The van der Waals surface area contributed by atoms with Crippen molar-refractivity contribution in [3.8, 4) is 28.7 Å². The zero-order chi connectivity index (χ0) is 112. The summed E-state index contributed by atoms with van der Waals surface area (Å²) in [4.78, 5) is 32.0. The van der Waals surface area contributed by atoms with Crippen LogP contribution < -0.4 is 23.7 Å². The van der Waals surface area contributed by atoms with E-state index in [4.69, 9.17) is 133 Å². The predicted molar refractivity (Wildman–Crippen MR) is 592 cm³/mol. The average molecular weight is 2080 g/mol. The van der Waals surface area contributed by atoms with Crippen molar-refractivity contribution >= 4 is 27.2 Å². The Morgan fingerprint density at radius 1 is 0.260 bits per heavy atom. The highest BCUT2D eigenvalue weighted by Gasteiger charge is 2.25. The van der Waals surface area contributed by atoms with Gasteiger partial charge >= 0.3 is 0 Å². The number of benzene rings is 4. The lowest BCUT2D eigenvalue weighted by Gasteiger charge is -2.30. The molecule has 0 unspecified atom stereocenters. The summed E-state index contributed by atoms with van der Waals surface area (Å²) < 4.78 is 132. The largest absolute Gasteiger partial charge is 0.491 e. The van der Waals surface area contributed by atoms with E-state index in [-0.39, 0.29) is 66.5 Å². The van der Waals surface area contributed by atoms with E-state index in [1.807, 2.05) is 234 Å². The Morgan fingerprint density at radius 2 is 0.541 bits per heavy atom. The highest BCUT2D eigenvalue weighted by molar-refractivity contribution is 5.41. The van der Waals surface area contributed by atoms with Gasteiger partial charge in [-0.1, -0.05) is 76.2 Å². The summed E-state index contributed by atoms with van der Waals surface area (Å²) >= 11 is 0. The van der Waals surface area contributed by atoms with Crippen LogP contribution in [0.2, 0.25) is 0 Å². The Balaban J connectivity index is -0.000000386. The van der Waals surface area contributed by atoms with Gasteiger partial charge in [-0.3, -0.25) is 0 Å². The molecule has 1 aliphatic carbocycles. The second kappa shape index (κ2) is 101. The summed E-state index contributed by atoms with van der Waals surface area (Å²) in [6.45, 7) is 96.6. The lowest BCUT2D eigenvalue weighted by Crippen LogP contribution is -2.29. The zero-order valence-electron chi connectivity index (χ0n) is 98.3. The molecule has 0 radical (unpaired) electrons. The summed E-state index contributed by atoms with van der Waals surface area (Å²) in [5.41, 5.74) is 6.77. The standard InChI is InChI=1S/C24H34O3.C20H34O5.C15H24O3.C13H22O4.C12H26O3.C12H24O2.C10H22O2.C8H18O2.4CH2O/c1-18(2)25-15-16-26-23-13-11-22(12-14-23)24(5,6)21-9-7-20(8-10-21)17-27-19(3)4;1-15(2)21-7-9-23-19-11-18(14-25-17(5)6)12-20(13-19)24-10-8-22-16(3)4;1-12(2)16-8-9-17-15-7-5-6-14(10-15)11-18-13(3)4;1-10(2)15-5-6-16-13-9-14-7-12(13)8-17-11(3)4;1-11(2)5-6-13-7-8-14-9-10-15-12(3)4;1-9(2)13-11-5-7-12(8-6-11)14-10(3)4;1-9(2)11-7-5-6-8-12-10(3)4;1-7(2)9-5-6-10-8(3)4;4*1-2/h7-14,18-19H,15-17H2,1-6H3;11-13,15-17H,7-10,14H2,1-6H3;5-7,10,12-13H,8-9,11H2,1-4H3;7,9-11H,5-6,8H2,1-4H3;11-12H,5-10H2,1-4H3;9-12H,5-8H2,1-4H3;9-10H,5-8H2,1-4H3;7-8H,5-6H2,1-4H3;4*1H2. The van der Waals surface area contributed by atoms with Crippen LogP contribution in [0.5, 0.6) is 28.7 Å². The summed E-state index contributed by atoms with van der Waals surface area (Å²) in [7, 11) is 0. The maximum absolute atomic E-state index is 8.00. The molecule has 0 N–H and O–H groups in total. The summed E-state index contributed by atoms with van der Waals surface area (Å²) in [6.07, 6.45) is 16.5. The second-order valence-electron chi connectivity index (χ2n) is 39.3. The maximum atomic E-state index is 8.00. The average Bonchev–Trinajstić information content (AvgIpc) is 0.870. The van der Waals surface area contributed by atoms with Gasteiger partial charge in [0.1, 0.15) is 89.5 Å². The second-order valence-corrected chi connectivity index (χ2v) is 39.3. The molecule has 0 saturated heterocycles. The van der Waals surface area contributed by atoms with Gasteiger partial charge in [-0.05, 0) is 337 Å². The first-order valence-corrected chi connectivity index (χ1v) is 53.1. The van der Waals surface area contributed by atoms with Crippen molar-refractivity contribution in [3.63, 3.8) is 0 Å². The number of ether oxygens (including phenoxy) is 23. The van der Waals surface area contributed by atoms with Gasteiger partial charge in [0.2, 0.25) is 0 Å². The zero-order valence-corrected chi connectivity index (χ0v) is 98.3. The van der Waals surface area contributed by atoms with Crippen LogP contribution in [0.25, 0.3) is 0 Å². The van der Waals surface area contributed by atoms with Gasteiger partial charge in [-0.15, -0.1) is 0 Å². The van der Waals surface area contributed by atoms with Crippen molar-refractivity contribution in [3.05, 3.63) is 137 Å². The van der Waals surface area contributed by atoms with Gasteiger partial charge in [0.05, 0.1) is 221 Å². The van der Waals surface area contributed by atoms with E-state index in [1.165, 1.54) is 16.7 Å². The maximum Gasteiger partial charge on any atom is 0.163 e. The molecule has 146 heavy (non-hydrogen) atoms. The smallest absolute Gasteiger partial charge is 0.163 e. The Hall–Kier alpha value is -6.88. The molecule has 0 spiro atoms. The van der Waals surface area contributed by atoms with Crippen LogP contribution in [-0.2, 0) is 136 Å². The van der Waals surface area contributed by atoms with E-state index in [2.05, 4.69) is 133 Å². The molecule has 1 saturated carbocycles. The van der Waals surface area contributed by atoms with Crippen molar-refractivity contribution < 1.29 is 133 Å². The number of rotatable bonds is 65. The first-order chi connectivity index (χ1) is 69.3. The van der Waals surface area contributed by atoms with E-state index < -0.39 is 0 Å². The normalized spacial score (nSPS) is 12.7. The SMILES string of the molecule is C=O.C=O.C=O.C=O.CC(C)CCOCCOCCOC(C)C.CC(C)OC1CCC(OC(C)C)CC1.CC(C)OCCCCOC(C)C.CC(C)OCCOC(C)C.CC(C)OCCOc1cc(COC(C)C)cc(OCCOC(C)C)c1.CC(C)OCCOc1ccc(C(C)(C)c2ccc(COC(C)C)cc2)cc1.CC(C)OCCOc1cccc(COC(C)C)c1.CC(C)OCCOc1cocc1COC(C)C. The molecule has 28 heteroatoms. The van der Waals surface area contributed by atoms with E-state index in [0.29, 0.717) is 187 Å². The molecule has 5 aromatic rings. The Kier molecular flexibility index (Phi) is 104. The fourth-order valence-electron chi connectivity index (χ4n) is 12.0. The Bertz CT molecular complexity index is 3440. The molecule has 852 valence electrons. The summed E-state index contributed by atoms with van der Waals surface area (Å²) in [5.74, 6) is 4.72. The Labute approximate surface area is 888 Å². The van der Waals surface area contributed by atoms with Crippen molar-refractivity contribution in [2.45, 2.75) is 436 Å². The number of carbonyl (C=O) groups is 4. The first-order valence-electron chi connectivity index (χ1n) is 53.1. The van der Waals surface area contributed by atoms with Gasteiger partial charge in [-0.25, -0.2) is 0 Å². The highest BCUT2D eigenvalue weighted by atomic mass is 16.6. The monoisotopic (exact) mass is 2080 g/mol.